The number of carbonyl (C=O) groups excluding carboxylic acids is 1. The van der Waals surface area contributed by atoms with Crippen LogP contribution in [0, 0.1) is 0 Å². The summed E-state index contributed by atoms with van der Waals surface area (Å²) in [6.07, 6.45) is 2.88. The zero-order chi connectivity index (χ0) is 17.3. The molecule has 1 aromatic carbocycles. The standard InChI is InChI=1S/C15H13BrN3O4P/c16-10-5-12-13(15(20)19-14(12)18-6-10)7-17-11-3-1-9(2-4-11)8-24(21,22)23/h1-7,17H,8H2,(H,18,19,20)(H2,21,22,23). The molecule has 0 saturated heterocycles. The van der Waals surface area contributed by atoms with Crippen LogP contribution >= 0.6 is 23.5 Å². The second-order valence-electron chi connectivity index (χ2n) is 5.23. The maximum Gasteiger partial charge on any atom is 0.329 e. The Hall–Kier alpha value is -1.99. The highest BCUT2D eigenvalue weighted by Crippen LogP contribution is 2.39. The van der Waals surface area contributed by atoms with Crippen molar-refractivity contribution in [2.75, 3.05) is 10.6 Å². The van der Waals surface area contributed by atoms with Gasteiger partial charge in [0.05, 0.1) is 11.7 Å². The minimum Gasteiger partial charge on any atom is -0.361 e. The fourth-order valence-corrected chi connectivity index (χ4v) is 3.30. The number of halogens is 1. The molecule has 124 valence electrons. The van der Waals surface area contributed by atoms with E-state index in [0.29, 0.717) is 28.2 Å². The van der Waals surface area contributed by atoms with E-state index in [1.54, 1.807) is 42.7 Å². The van der Waals surface area contributed by atoms with Gasteiger partial charge in [0.25, 0.3) is 5.91 Å². The first-order valence-corrected chi connectivity index (χ1v) is 9.48. The Morgan fingerprint density at radius 1 is 1.29 bits per heavy atom. The Labute approximate surface area is 146 Å². The van der Waals surface area contributed by atoms with Crippen molar-refractivity contribution in [3.63, 3.8) is 0 Å². The molecule has 24 heavy (non-hydrogen) atoms. The number of anilines is 2. The Kier molecular flexibility index (Phi) is 4.56. The number of nitrogens with zero attached hydrogens (tertiary/aromatic N) is 1. The molecule has 1 aliphatic rings. The van der Waals surface area contributed by atoms with E-state index in [1.165, 1.54) is 0 Å². The predicted molar refractivity (Wildman–Crippen MR) is 94.4 cm³/mol. The first-order valence-electron chi connectivity index (χ1n) is 6.89. The van der Waals surface area contributed by atoms with Crippen LogP contribution in [0.4, 0.5) is 11.5 Å². The zero-order valence-electron chi connectivity index (χ0n) is 12.2. The Balaban J connectivity index is 1.78. The monoisotopic (exact) mass is 409 g/mol. The largest absolute Gasteiger partial charge is 0.361 e. The van der Waals surface area contributed by atoms with Gasteiger partial charge in [-0.2, -0.15) is 0 Å². The van der Waals surface area contributed by atoms with Gasteiger partial charge in [0.2, 0.25) is 0 Å². The lowest BCUT2D eigenvalue weighted by Crippen LogP contribution is -2.05. The SMILES string of the molecule is O=C1Nc2ncc(Br)cc2C1=CNc1ccc(CP(=O)(O)O)cc1. The summed E-state index contributed by atoms with van der Waals surface area (Å²) in [6, 6.07) is 8.43. The van der Waals surface area contributed by atoms with Crippen molar-refractivity contribution in [2.24, 2.45) is 0 Å². The van der Waals surface area contributed by atoms with E-state index >= 15 is 0 Å². The van der Waals surface area contributed by atoms with Crippen molar-refractivity contribution in [1.82, 2.24) is 4.98 Å². The molecule has 0 saturated carbocycles. The van der Waals surface area contributed by atoms with Gasteiger partial charge in [-0.3, -0.25) is 9.36 Å². The highest BCUT2D eigenvalue weighted by atomic mass is 79.9. The molecule has 0 atom stereocenters. The molecule has 1 aliphatic heterocycles. The lowest BCUT2D eigenvalue weighted by atomic mass is 10.1. The van der Waals surface area contributed by atoms with Crippen molar-refractivity contribution in [3.05, 3.63) is 58.3 Å². The summed E-state index contributed by atoms with van der Waals surface area (Å²) < 4.78 is 11.7. The van der Waals surface area contributed by atoms with Gasteiger partial charge in [0.15, 0.2) is 0 Å². The summed E-state index contributed by atoms with van der Waals surface area (Å²) >= 11 is 3.33. The van der Waals surface area contributed by atoms with E-state index in [1.807, 2.05) is 0 Å². The Morgan fingerprint density at radius 2 is 2.00 bits per heavy atom. The van der Waals surface area contributed by atoms with Gasteiger partial charge in [-0.25, -0.2) is 4.98 Å². The van der Waals surface area contributed by atoms with Crippen LogP contribution in [0.2, 0.25) is 0 Å². The first-order chi connectivity index (χ1) is 11.3. The summed E-state index contributed by atoms with van der Waals surface area (Å²) in [5, 5.41) is 5.69. The highest BCUT2D eigenvalue weighted by molar-refractivity contribution is 9.10. The predicted octanol–water partition coefficient (Wildman–Crippen LogP) is 2.93. The molecule has 0 fully saturated rings. The molecule has 0 aliphatic carbocycles. The Bertz CT molecular complexity index is 877. The lowest BCUT2D eigenvalue weighted by molar-refractivity contribution is -0.110. The Morgan fingerprint density at radius 3 is 2.67 bits per heavy atom. The average Bonchev–Trinajstić information content (AvgIpc) is 2.80. The molecular weight excluding hydrogens is 397 g/mol. The normalized spacial score (nSPS) is 15.3. The molecule has 2 heterocycles. The number of amides is 1. The summed E-state index contributed by atoms with van der Waals surface area (Å²) in [6.45, 7) is 0. The third kappa shape index (κ3) is 3.91. The second kappa shape index (κ2) is 6.49. The number of aromatic nitrogens is 1. The minimum atomic E-state index is -4.08. The van der Waals surface area contributed by atoms with Crippen LogP contribution < -0.4 is 10.6 Å². The number of fused-ring (bicyclic) bond motifs is 1. The maximum absolute atomic E-state index is 12.0. The lowest BCUT2D eigenvalue weighted by Gasteiger charge is -2.06. The highest BCUT2D eigenvalue weighted by Gasteiger charge is 2.25. The van der Waals surface area contributed by atoms with E-state index in [4.69, 9.17) is 9.79 Å². The van der Waals surface area contributed by atoms with Crippen LogP contribution in [0.1, 0.15) is 11.1 Å². The summed E-state index contributed by atoms with van der Waals surface area (Å²) in [7, 11) is -4.08. The first kappa shape index (κ1) is 16.9. The molecule has 0 bridgehead atoms. The molecular formula is C15H13BrN3O4P. The number of pyridine rings is 1. The third-order valence-corrected chi connectivity index (χ3v) is 4.56. The molecule has 0 radical (unpaired) electrons. The summed E-state index contributed by atoms with van der Waals surface area (Å²) in [5.41, 5.74) is 2.39. The molecule has 4 N–H and O–H groups in total. The van der Waals surface area contributed by atoms with Gasteiger partial charge in [0, 0.05) is 28.1 Å². The quantitative estimate of drug-likeness (QED) is 0.456. The number of nitrogens with one attached hydrogen (secondary N) is 2. The van der Waals surface area contributed by atoms with Crippen molar-refractivity contribution in [3.8, 4) is 0 Å². The van der Waals surface area contributed by atoms with Crippen molar-refractivity contribution in [2.45, 2.75) is 6.16 Å². The van der Waals surface area contributed by atoms with Crippen LogP contribution in [-0.2, 0) is 15.5 Å². The fourth-order valence-electron chi connectivity index (χ4n) is 2.28. The molecule has 0 unspecified atom stereocenters. The van der Waals surface area contributed by atoms with E-state index in [9.17, 15) is 9.36 Å². The molecule has 3 rings (SSSR count). The van der Waals surface area contributed by atoms with Gasteiger partial charge >= 0.3 is 7.60 Å². The molecule has 1 aromatic heterocycles. The van der Waals surface area contributed by atoms with Gasteiger partial charge < -0.3 is 20.4 Å². The van der Waals surface area contributed by atoms with Gasteiger partial charge in [-0.15, -0.1) is 0 Å². The summed E-state index contributed by atoms with van der Waals surface area (Å²) in [5.74, 6) is 0.259. The average molecular weight is 410 g/mol. The van der Waals surface area contributed by atoms with E-state index in [0.717, 1.165) is 4.47 Å². The van der Waals surface area contributed by atoms with Gasteiger partial charge in [0.1, 0.15) is 5.82 Å². The summed E-state index contributed by atoms with van der Waals surface area (Å²) in [4.78, 5) is 34.1. The minimum absolute atomic E-state index is 0.249. The molecule has 9 heteroatoms. The number of benzene rings is 1. The number of hydrogen-bond donors (Lipinski definition) is 4. The van der Waals surface area contributed by atoms with Crippen LogP contribution in [-0.4, -0.2) is 20.7 Å². The molecule has 0 spiro atoms. The van der Waals surface area contributed by atoms with Gasteiger partial charge in [-0.05, 0) is 39.7 Å². The molecule has 7 nitrogen and oxygen atoms in total. The van der Waals surface area contributed by atoms with Gasteiger partial charge in [-0.1, -0.05) is 12.1 Å². The van der Waals surface area contributed by atoms with Crippen molar-refractivity contribution < 1.29 is 19.1 Å². The van der Waals surface area contributed by atoms with Crippen LogP contribution in [0.5, 0.6) is 0 Å². The maximum atomic E-state index is 12.0. The number of rotatable bonds is 4. The number of carbonyl (C=O) groups is 1. The van der Waals surface area contributed by atoms with E-state index in [2.05, 4.69) is 31.5 Å². The molecule has 1 amide bonds. The van der Waals surface area contributed by atoms with Crippen LogP contribution in [0.3, 0.4) is 0 Å². The van der Waals surface area contributed by atoms with Crippen LogP contribution in [0.15, 0.2) is 47.2 Å². The van der Waals surface area contributed by atoms with Crippen molar-refractivity contribution in [1.29, 1.82) is 0 Å². The fraction of sp³-hybridized carbons (Fsp3) is 0.0667. The molecule has 2 aromatic rings. The van der Waals surface area contributed by atoms with Crippen molar-refractivity contribution >= 4 is 46.5 Å². The second-order valence-corrected chi connectivity index (χ2v) is 7.79. The van der Waals surface area contributed by atoms with E-state index < -0.39 is 7.60 Å². The topological polar surface area (TPSA) is 112 Å². The third-order valence-electron chi connectivity index (χ3n) is 3.35. The number of hydrogen-bond acceptors (Lipinski definition) is 4. The van der Waals surface area contributed by atoms with E-state index in [-0.39, 0.29) is 12.1 Å². The zero-order valence-corrected chi connectivity index (χ0v) is 14.7. The smallest absolute Gasteiger partial charge is 0.329 e. The van der Waals surface area contributed by atoms with Crippen LogP contribution in [0.25, 0.3) is 5.57 Å².